The molecule has 138 valence electrons. The van der Waals surface area contributed by atoms with E-state index in [0.29, 0.717) is 23.7 Å². The van der Waals surface area contributed by atoms with E-state index in [0.717, 1.165) is 24.2 Å². The molecule has 1 aliphatic carbocycles. The molecule has 1 fully saturated rings. The Morgan fingerprint density at radius 2 is 2.19 bits per heavy atom. The van der Waals surface area contributed by atoms with E-state index >= 15 is 0 Å². The van der Waals surface area contributed by atoms with Crippen molar-refractivity contribution in [1.82, 2.24) is 24.5 Å². The first-order chi connectivity index (χ1) is 13.0. The van der Waals surface area contributed by atoms with E-state index in [9.17, 15) is 10.1 Å². The summed E-state index contributed by atoms with van der Waals surface area (Å²) >= 11 is 0. The van der Waals surface area contributed by atoms with Crippen molar-refractivity contribution in [3.05, 3.63) is 46.6 Å². The highest BCUT2D eigenvalue weighted by Crippen LogP contribution is 2.34. The van der Waals surface area contributed by atoms with Crippen molar-refractivity contribution in [1.29, 1.82) is 5.26 Å². The Balaban J connectivity index is 1.69. The molecule has 0 radical (unpaired) electrons. The van der Waals surface area contributed by atoms with E-state index < -0.39 is 5.54 Å². The van der Waals surface area contributed by atoms with Crippen LogP contribution < -0.4 is 21.5 Å². The van der Waals surface area contributed by atoms with Gasteiger partial charge in [0.05, 0.1) is 23.6 Å². The summed E-state index contributed by atoms with van der Waals surface area (Å²) in [4.78, 5) is 16.7. The molecule has 0 unspecified atom stereocenters. The fraction of sp³-hybridized carbons (Fsp3) is 0.333. The van der Waals surface area contributed by atoms with Gasteiger partial charge in [0, 0.05) is 32.9 Å². The van der Waals surface area contributed by atoms with E-state index in [2.05, 4.69) is 32.1 Å². The molecule has 3 aromatic heterocycles. The van der Waals surface area contributed by atoms with Crippen molar-refractivity contribution >= 4 is 22.8 Å². The highest BCUT2D eigenvalue weighted by Gasteiger charge is 2.42. The lowest BCUT2D eigenvalue weighted by molar-refractivity contribution is 0.581. The third-order valence-electron chi connectivity index (χ3n) is 4.77. The number of pyridine rings is 1. The van der Waals surface area contributed by atoms with E-state index in [1.54, 1.807) is 36.1 Å². The van der Waals surface area contributed by atoms with Crippen LogP contribution in [0.4, 0.5) is 17.2 Å². The normalized spacial score (nSPS) is 14.7. The number of aryl methyl sites for hydroxylation is 1. The second-order valence-electron chi connectivity index (χ2n) is 6.69. The molecule has 0 bridgehead atoms. The molecule has 1 aliphatic rings. The zero-order chi connectivity index (χ0) is 19.0. The first-order valence-corrected chi connectivity index (χ1v) is 8.69. The SMILES string of the molecule is CNc1cc(Nc2cccn(C)c2=O)nn2c(CNC3(C#N)CC3)cnc12. The molecule has 0 spiro atoms. The van der Waals surface area contributed by atoms with E-state index in [-0.39, 0.29) is 5.56 Å². The minimum atomic E-state index is -0.415. The van der Waals surface area contributed by atoms with Crippen LogP contribution in [0.1, 0.15) is 18.5 Å². The van der Waals surface area contributed by atoms with Gasteiger partial charge in [-0.05, 0) is 25.0 Å². The second-order valence-corrected chi connectivity index (χ2v) is 6.69. The lowest BCUT2D eigenvalue weighted by Gasteiger charge is -2.12. The van der Waals surface area contributed by atoms with Crippen molar-refractivity contribution in [3.8, 4) is 6.07 Å². The van der Waals surface area contributed by atoms with Crippen LogP contribution in [0.5, 0.6) is 0 Å². The molecule has 3 N–H and O–H groups in total. The van der Waals surface area contributed by atoms with Crippen molar-refractivity contribution in [2.75, 3.05) is 17.7 Å². The molecule has 0 saturated heterocycles. The highest BCUT2D eigenvalue weighted by atomic mass is 16.1. The number of aromatic nitrogens is 4. The molecule has 9 heteroatoms. The van der Waals surface area contributed by atoms with Crippen LogP contribution in [0, 0.1) is 11.3 Å². The fourth-order valence-corrected chi connectivity index (χ4v) is 2.92. The average molecular weight is 364 g/mol. The molecule has 0 aromatic carbocycles. The van der Waals surface area contributed by atoms with Crippen molar-refractivity contribution in [2.24, 2.45) is 7.05 Å². The maximum atomic E-state index is 12.3. The summed E-state index contributed by atoms with van der Waals surface area (Å²) in [7, 11) is 3.51. The van der Waals surface area contributed by atoms with Gasteiger partial charge < -0.3 is 15.2 Å². The molecule has 27 heavy (non-hydrogen) atoms. The largest absolute Gasteiger partial charge is 0.385 e. The van der Waals surface area contributed by atoms with Gasteiger partial charge in [-0.25, -0.2) is 9.50 Å². The fourth-order valence-electron chi connectivity index (χ4n) is 2.92. The van der Waals surface area contributed by atoms with Gasteiger partial charge in [0.1, 0.15) is 11.2 Å². The first-order valence-electron chi connectivity index (χ1n) is 8.69. The Hall–Kier alpha value is -3.38. The van der Waals surface area contributed by atoms with E-state index in [4.69, 9.17) is 0 Å². The maximum absolute atomic E-state index is 12.3. The summed E-state index contributed by atoms with van der Waals surface area (Å²) in [6, 6.07) is 7.64. The summed E-state index contributed by atoms with van der Waals surface area (Å²) in [5.74, 6) is 0.524. The van der Waals surface area contributed by atoms with Gasteiger partial charge in [0.2, 0.25) is 0 Å². The standard InChI is InChI=1S/C18H20N8O/c1-20-14-8-15(23-13-4-3-7-25(2)17(13)27)24-26-12(9-21-16(14)26)10-22-18(11-19)5-6-18/h3-4,7-9,20,22H,5-6,10H2,1-2H3,(H,23,24). The van der Waals surface area contributed by atoms with Crippen LogP contribution in [0.2, 0.25) is 0 Å². The minimum Gasteiger partial charge on any atom is -0.385 e. The summed E-state index contributed by atoms with van der Waals surface area (Å²) in [6.07, 6.45) is 5.17. The Morgan fingerprint density at radius 1 is 1.37 bits per heavy atom. The molecular formula is C18H20N8O. The van der Waals surface area contributed by atoms with Gasteiger partial charge in [-0.3, -0.25) is 10.1 Å². The van der Waals surface area contributed by atoms with Crippen LogP contribution in [0.25, 0.3) is 5.65 Å². The summed E-state index contributed by atoms with van der Waals surface area (Å²) < 4.78 is 3.23. The van der Waals surface area contributed by atoms with Gasteiger partial charge in [0.15, 0.2) is 11.5 Å². The molecule has 4 rings (SSSR count). The van der Waals surface area contributed by atoms with Crippen LogP contribution >= 0.6 is 0 Å². The highest BCUT2D eigenvalue weighted by molar-refractivity contribution is 5.72. The van der Waals surface area contributed by atoms with Crippen molar-refractivity contribution in [2.45, 2.75) is 24.9 Å². The Kier molecular flexibility index (Phi) is 4.05. The number of rotatable bonds is 6. The summed E-state index contributed by atoms with van der Waals surface area (Å²) in [5, 5.41) is 23.3. The predicted octanol–water partition coefficient (Wildman–Crippen LogP) is 1.36. The monoisotopic (exact) mass is 364 g/mol. The molecule has 0 aliphatic heterocycles. The van der Waals surface area contributed by atoms with Gasteiger partial charge in [-0.1, -0.05) is 0 Å². The number of hydrogen-bond donors (Lipinski definition) is 3. The smallest absolute Gasteiger partial charge is 0.274 e. The van der Waals surface area contributed by atoms with Crippen LogP contribution in [-0.4, -0.2) is 31.8 Å². The average Bonchev–Trinajstić information content (AvgIpc) is 3.35. The van der Waals surface area contributed by atoms with Gasteiger partial charge >= 0.3 is 0 Å². The second kappa shape index (κ2) is 6.41. The Bertz CT molecular complexity index is 1100. The number of nitriles is 1. The van der Waals surface area contributed by atoms with Crippen molar-refractivity contribution in [3.63, 3.8) is 0 Å². The number of imidazole rings is 1. The Morgan fingerprint density at radius 3 is 2.89 bits per heavy atom. The molecule has 9 nitrogen and oxygen atoms in total. The Labute approximate surface area is 155 Å². The van der Waals surface area contributed by atoms with Gasteiger partial charge in [-0.15, -0.1) is 5.10 Å². The quantitative estimate of drug-likeness (QED) is 0.605. The molecule has 0 amide bonds. The number of fused-ring (bicyclic) bond motifs is 1. The first kappa shape index (κ1) is 17.1. The lowest BCUT2D eigenvalue weighted by Crippen LogP contribution is -2.29. The van der Waals surface area contributed by atoms with Gasteiger partial charge in [-0.2, -0.15) is 5.26 Å². The van der Waals surface area contributed by atoms with Crippen LogP contribution in [0.15, 0.2) is 35.4 Å². The summed E-state index contributed by atoms with van der Waals surface area (Å²) in [5.41, 5.74) is 2.20. The van der Waals surface area contributed by atoms with Gasteiger partial charge in [0.25, 0.3) is 5.56 Å². The van der Waals surface area contributed by atoms with E-state index in [1.165, 1.54) is 4.57 Å². The molecule has 3 heterocycles. The molecular weight excluding hydrogens is 344 g/mol. The zero-order valence-electron chi connectivity index (χ0n) is 15.2. The number of nitrogens with zero attached hydrogens (tertiary/aromatic N) is 5. The summed E-state index contributed by atoms with van der Waals surface area (Å²) in [6.45, 7) is 0.488. The zero-order valence-corrected chi connectivity index (χ0v) is 15.2. The topological polar surface area (TPSA) is 112 Å². The maximum Gasteiger partial charge on any atom is 0.274 e. The minimum absolute atomic E-state index is 0.136. The van der Waals surface area contributed by atoms with Crippen molar-refractivity contribution < 1.29 is 0 Å². The third-order valence-corrected chi connectivity index (χ3v) is 4.77. The molecule has 1 saturated carbocycles. The number of nitrogens with one attached hydrogen (secondary N) is 3. The number of anilines is 3. The third kappa shape index (κ3) is 3.11. The predicted molar refractivity (Wildman–Crippen MR) is 102 cm³/mol. The van der Waals surface area contributed by atoms with Crippen LogP contribution in [-0.2, 0) is 13.6 Å². The van der Waals surface area contributed by atoms with Crippen LogP contribution in [0.3, 0.4) is 0 Å². The molecule has 3 aromatic rings. The van der Waals surface area contributed by atoms with E-state index in [1.807, 2.05) is 13.1 Å². The number of hydrogen-bond acceptors (Lipinski definition) is 7. The lowest BCUT2D eigenvalue weighted by atomic mass is 10.3. The molecule has 0 atom stereocenters.